The van der Waals surface area contributed by atoms with Gasteiger partial charge < -0.3 is 24.6 Å². The SMILES string of the molecule is COc1ccc(CC(CC(=O)O)N(C)CCO)c(OC)c1. The molecule has 118 valence electrons. The number of hydrogen-bond donors (Lipinski definition) is 2. The Balaban J connectivity index is 2.93. The molecule has 1 atom stereocenters. The second kappa shape index (κ2) is 8.49. The number of methoxy groups -OCH3 is 2. The first-order valence-electron chi connectivity index (χ1n) is 6.75. The maximum absolute atomic E-state index is 11.0. The van der Waals surface area contributed by atoms with E-state index in [4.69, 9.17) is 19.7 Å². The van der Waals surface area contributed by atoms with Gasteiger partial charge in [-0.15, -0.1) is 0 Å². The Kier molecular flexibility index (Phi) is 6.98. The number of nitrogens with zero attached hydrogens (tertiary/aromatic N) is 1. The molecule has 0 saturated heterocycles. The average molecular weight is 297 g/mol. The van der Waals surface area contributed by atoms with Gasteiger partial charge in [0.2, 0.25) is 0 Å². The first kappa shape index (κ1) is 17.3. The summed E-state index contributed by atoms with van der Waals surface area (Å²) in [4.78, 5) is 12.9. The van der Waals surface area contributed by atoms with Crippen molar-refractivity contribution in [1.82, 2.24) is 4.90 Å². The van der Waals surface area contributed by atoms with Gasteiger partial charge in [0.1, 0.15) is 11.5 Å². The van der Waals surface area contributed by atoms with Gasteiger partial charge >= 0.3 is 5.97 Å². The van der Waals surface area contributed by atoms with Crippen molar-refractivity contribution in [1.29, 1.82) is 0 Å². The highest BCUT2D eigenvalue weighted by Gasteiger charge is 2.20. The Morgan fingerprint density at radius 1 is 1.33 bits per heavy atom. The van der Waals surface area contributed by atoms with Gasteiger partial charge in [-0.25, -0.2) is 0 Å². The van der Waals surface area contributed by atoms with Gasteiger partial charge in [-0.2, -0.15) is 0 Å². The van der Waals surface area contributed by atoms with Crippen molar-refractivity contribution in [2.24, 2.45) is 0 Å². The molecule has 1 unspecified atom stereocenters. The number of hydrogen-bond acceptors (Lipinski definition) is 5. The van der Waals surface area contributed by atoms with Crippen LogP contribution in [-0.4, -0.2) is 61.5 Å². The molecule has 0 heterocycles. The van der Waals surface area contributed by atoms with Crippen molar-refractivity contribution < 1.29 is 24.5 Å². The molecule has 0 saturated carbocycles. The summed E-state index contributed by atoms with van der Waals surface area (Å²) < 4.78 is 10.5. The standard InChI is InChI=1S/C15H23NO5/c1-16(6-7-17)12(9-15(18)19)8-11-4-5-13(20-2)10-14(11)21-3/h4-5,10,12,17H,6-9H2,1-3H3,(H,18,19). The quantitative estimate of drug-likeness (QED) is 0.708. The van der Waals surface area contributed by atoms with E-state index in [2.05, 4.69) is 0 Å². The summed E-state index contributed by atoms with van der Waals surface area (Å²) in [6.45, 7) is 0.419. The lowest BCUT2D eigenvalue weighted by molar-refractivity contribution is -0.138. The highest BCUT2D eigenvalue weighted by molar-refractivity contribution is 5.67. The van der Waals surface area contributed by atoms with Gasteiger partial charge in [0.05, 0.1) is 27.2 Å². The lowest BCUT2D eigenvalue weighted by Crippen LogP contribution is -2.37. The number of aliphatic hydroxyl groups is 1. The van der Waals surface area contributed by atoms with E-state index in [0.717, 1.165) is 5.56 Å². The molecule has 0 aliphatic rings. The van der Waals surface area contributed by atoms with Gasteiger partial charge in [0, 0.05) is 18.7 Å². The van der Waals surface area contributed by atoms with E-state index in [1.807, 2.05) is 17.0 Å². The lowest BCUT2D eigenvalue weighted by Gasteiger charge is -2.27. The van der Waals surface area contributed by atoms with Crippen LogP contribution < -0.4 is 9.47 Å². The van der Waals surface area contributed by atoms with Crippen LogP contribution in [0.4, 0.5) is 0 Å². The molecule has 0 fully saturated rings. The Morgan fingerprint density at radius 2 is 2.05 bits per heavy atom. The summed E-state index contributed by atoms with van der Waals surface area (Å²) >= 11 is 0. The molecular weight excluding hydrogens is 274 g/mol. The maximum atomic E-state index is 11.0. The van der Waals surface area contributed by atoms with Gasteiger partial charge in [0.25, 0.3) is 0 Å². The van der Waals surface area contributed by atoms with Crippen LogP contribution in [0.15, 0.2) is 18.2 Å². The molecule has 1 aromatic carbocycles. The number of aliphatic hydroxyl groups excluding tert-OH is 1. The van der Waals surface area contributed by atoms with Crippen LogP contribution in [-0.2, 0) is 11.2 Å². The number of benzene rings is 1. The second-order valence-electron chi connectivity index (χ2n) is 4.84. The minimum atomic E-state index is -0.864. The fraction of sp³-hybridized carbons (Fsp3) is 0.533. The zero-order valence-corrected chi connectivity index (χ0v) is 12.7. The molecule has 0 spiro atoms. The molecule has 0 bridgehead atoms. The van der Waals surface area contributed by atoms with E-state index in [1.54, 1.807) is 27.3 Å². The van der Waals surface area contributed by atoms with E-state index in [0.29, 0.717) is 24.5 Å². The molecule has 0 aromatic heterocycles. The number of ether oxygens (including phenoxy) is 2. The highest BCUT2D eigenvalue weighted by atomic mass is 16.5. The van der Waals surface area contributed by atoms with Crippen LogP contribution in [0.1, 0.15) is 12.0 Å². The first-order chi connectivity index (χ1) is 10.0. The third-order valence-electron chi connectivity index (χ3n) is 3.44. The summed E-state index contributed by atoms with van der Waals surface area (Å²) in [5, 5.41) is 18.1. The molecular formula is C15H23NO5. The predicted octanol–water partition coefficient (Wildman–Crippen LogP) is 1.01. The fourth-order valence-corrected chi connectivity index (χ4v) is 2.20. The molecule has 0 aliphatic heterocycles. The summed E-state index contributed by atoms with van der Waals surface area (Å²) in [6, 6.07) is 5.26. The average Bonchev–Trinajstić information content (AvgIpc) is 2.46. The topological polar surface area (TPSA) is 79.2 Å². The highest BCUT2D eigenvalue weighted by Crippen LogP contribution is 2.26. The molecule has 6 nitrogen and oxygen atoms in total. The van der Waals surface area contributed by atoms with Crippen LogP contribution in [0.25, 0.3) is 0 Å². The van der Waals surface area contributed by atoms with E-state index < -0.39 is 5.97 Å². The van der Waals surface area contributed by atoms with Gasteiger partial charge in [0.15, 0.2) is 0 Å². The van der Waals surface area contributed by atoms with Crippen molar-refractivity contribution >= 4 is 5.97 Å². The molecule has 0 amide bonds. The molecule has 6 heteroatoms. The Hall–Kier alpha value is -1.79. The number of aliphatic carboxylic acids is 1. The summed E-state index contributed by atoms with van der Waals surface area (Å²) in [6.07, 6.45) is 0.529. The van der Waals surface area contributed by atoms with E-state index in [9.17, 15) is 4.79 Å². The smallest absolute Gasteiger partial charge is 0.304 e. The fourth-order valence-electron chi connectivity index (χ4n) is 2.20. The third kappa shape index (κ3) is 5.24. The molecule has 1 aromatic rings. The largest absolute Gasteiger partial charge is 0.497 e. The second-order valence-corrected chi connectivity index (χ2v) is 4.84. The molecule has 1 rings (SSSR count). The zero-order chi connectivity index (χ0) is 15.8. The summed E-state index contributed by atoms with van der Waals surface area (Å²) in [5.41, 5.74) is 0.911. The van der Waals surface area contributed by atoms with Crippen LogP contribution in [0.2, 0.25) is 0 Å². The number of carboxylic acids is 1. The van der Waals surface area contributed by atoms with Crippen LogP contribution in [0.3, 0.4) is 0 Å². The summed E-state index contributed by atoms with van der Waals surface area (Å²) in [7, 11) is 4.96. The van der Waals surface area contributed by atoms with Crippen molar-refractivity contribution in [3.63, 3.8) is 0 Å². The van der Waals surface area contributed by atoms with Crippen molar-refractivity contribution in [3.05, 3.63) is 23.8 Å². The monoisotopic (exact) mass is 297 g/mol. The third-order valence-corrected chi connectivity index (χ3v) is 3.44. The number of likely N-dealkylation sites (N-methyl/N-ethyl adjacent to an activating group) is 1. The van der Waals surface area contributed by atoms with Crippen LogP contribution in [0, 0.1) is 0 Å². The first-order valence-corrected chi connectivity index (χ1v) is 6.75. The van der Waals surface area contributed by atoms with E-state index >= 15 is 0 Å². The van der Waals surface area contributed by atoms with Crippen molar-refractivity contribution in [3.8, 4) is 11.5 Å². The van der Waals surface area contributed by atoms with E-state index in [1.165, 1.54) is 0 Å². The molecule has 0 radical (unpaired) electrons. The Labute approximate surface area is 124 Å². The molecule has 0 aliphatic carbocycles. The number of carboxylic acid groups (broad SMARTS) is 1. The van der Waals surface area contributed by atoms with Gasteiger partial charge in [-0.1, -0.05) is 6.07 Å². The minimum Gasteiger partial charge on any atom is -0.497 e. The van der Waals surface area contributed by atoms with E-state index in [-0.39, 0.29) is 19.1 Å². The maximum Gasteiger partial charge on any atom is 0.304 e. The molecule has 21 heavy (non-hydrogen) atoms. The number of rotatable bonds is 9. The van der Waals surface area contributed by atoms with Crippen molar-refractivity contribution in [2.75, 3.05) is 34.4 Å². The normalized spacial score (nSPS) is 12.2. The van der Waals surface area contributed by atoms with Crippen LogP contribution in [0.5, 0.6) is 11.5 Å². The predicted molar refractivity (Wildman–Crippen MR) is 79.0 cm³/mol. The summed E-state index contributed by atoms with van der Waals surface area (Å²) in [5.74, 6) is 0.494. The molecule has 2 N–H and O–H groups in total. The minimum absolute atomic E-state index is 0.00564. The van der Waals surface area contributed by atoms with Gasteiger partial charge in [-0.05, 0) is 25.1 Å². The Bertz CT molecular complexity index is 463. The Morgan fingerprint density at radius 3 is 2.57 bits per heavy atom. The van der Waals surface area contributed by atoms with Crippen molar-refractivity contribution in [2.45, 2.75) is 18.9 Å². The lowest BCUT2D eigenvalue weighted by atomic mass is 10.0. The zero-order valence-electron chi connectivity index (χ0n) is 12.7. The van der Waals surface area contributed by atoms with Gasteiger partial charge in [-0.3, -0.25) is 4.79 Å². The van der Waals surface area contributed by atoms with Crippen LogP contribution >= 0.6 is 0 Å². The number of carbonyl (C=O) groups is 1.